The number of nitrogens with zero attached hydrogens (tertiary/aromatic N) is 1. The Hall–Kier alpha value is -3.41. The second kappa shape index (κ2) is 15.2. The number of carbonyl (C=O) groups is 2. The second-order valence-electron chi connectivity index (χ2n) is 10.1. The lowest BCUT2D eigenvalue weighted by atomic mass is 9.99. The molecule has 3 atom stereocenters. The first kappa shape index (κ1) is 30.1. The molecular formula is C31H40FN3O4. The largest absolute Gasteiger partial charge is 0.493 e. The van der Waals surface area contributed by atoms with Gasteiger partial charge in [-0.05, 0) is 60.9 Å². The molecule has 0 radical (unpaired) electrons. The molecule has 0 saturated heterocycles. The van der Waals surface area contributed by atoms with E-state index in [1.54, 1.807) is 13.1 Å². The van der Waals surface area contributed by atoms with Crippen molar-refractivity contribution < 1.29 is 23.8 Å². The summed E-state index contributed by atoms with van der Waals surface area (Å²) >= 11 is 0. The second-order valence-corrected chi connectivity index (χ2v) is 10.1. The third kappa shape index (κ3) is 9.38. The normalized spacial score (nSPS) is 20.0. The first-order chi connectivity index (χ1) is 18.8. The molecule has 0 unspecified atom stereocenters. The van der Waals surface area contributed by atoms with Crippen LogP contribution in [0.25, 0.3) is 0 Å². The van der Waals surface area contributed by atoms with Gasteiger partial charge in [-0.15, -0.1) is 12.3 Å². The van der Waals surface area contributed by atoms with Crippen LogP contribution in [0, 0.1) is 18.2 Å². The minimum atomic E-state index is -0.998. The summed E-state index contributed by atoms with van der Waals surface area (Å²) in [4.78, 5) is 27.6. The summed E-state index contributed by atoms with van der Waals surface area (Å²) in [5, 5.41) is 17.3. The highest BCUT2D eigenvalue weighted by molar-refractivity contribution is 5.88. The van der Waals surface area contributed by atoms with Crippen LogP contribution in [0.5, 0.6) is 5.75 Å². The van der Waals surface area contributed by atoms with Gasteiger partial charge in [0.25, 0.3) is 0 Å². The van der Waals surface area contributed by atoms with Gasteiger partial charge in [-0.1, -0.05) is 31.2 Å². The fourth-order valence-corrected chi connectivity index (χ4v) is 4.72. The number of aliphatic hydroxyl groups excluding tert-OH is 1. The van der Waals surface area contributed by atoms with Crippen LogP contribution in [0.1, 0.15) is 55.7 Å². The van der Waals surface area contributed by atoms with Crippen LogP contribution in [0.3, 0.4) is 0 Å². The molecule has 0 saturated carbocycles. The van der Waals surface area contributed by atoms with Crippen LogP contribution in [0.15, 0.2) is 42.5 Å². The molecule has 39 heavy (non-hydrogen) atoms. The first-order valence-corrected chi connectivity index (χ1v) is 13.7. The number of carbonyl (C=O) groups excluding carboxylic acids is 2. The van der Waals surface area contributed by atoms with Gasteiger partial charge >= 0.3 is 0 Å². The van der Waals surface area contributed by atoms with Gasteiger partial charge in [-0.2, -0.15) is 0 Å². The van der Waals surface area contributed by atoms with Gasteiger partial charge in [-0.25, -0.2) is 4.39 Å². The van der Waals surface area contributed by atoms with Gasteiger partial charge in [0.2, 0.25) is 11.8 Å². The van der Waals surface area contributed by atoms with Crippen LogP contribution in [0.2, 0.25) is 0 Å². The monoisotopic (exact) mass is 537 g/mol. The Morgan fingerprint density at radius 1 is 1.21 bits per heavy atom. The molecule has 1 heterocycles. The molecular weight excluding hydrogens is 497 g/mol. The zero-order valence-corrected chi connectivity index (χ0v) is 22.9. The van der Waals surface area contributed by atoms with E-state index < -0.39 is 29.9 Å². The quantitative estimate of drug-likeness (QED) is 0.472. The fraction of sp³-hybridized carbons (Fsp3) is 0.484. The van der Waals surface area contributed by atoms with Crippen LogP contribution in [-0.2, 0) is 29.0 Å². The SMILES string of the molecule is C#CC[C@H]1C(=O)N[C@H]([C@H](O)CNCc2cccc(CC)c2)Cc2cc(F)cc(c2)OCCCCCC(=O)N1C. The van der Waals surface area contributed by atoms with Crippen molar-refractivity contribution in [3.63, 3.8) is 0 Å². The van der Waals surface area contributed by atoms with E-state index in [0.29, 0.717) is 37.3 Å². The predicted octanol–water partition coefficient (Wildman–Crippen LogP) is 3.37. The molecule has 210 valence electrons. The summed E-state index contributed by atoms with van der Waals surface area (Å²) < 4.78 is 20.2. The predicted molar refractivity (Wildman–Crippen MR) is 150 cm³/mol. The summed E-state index contributed by atoms with van der Waals surface area (Å²) in [6, 6.07) is 11.0. The Labute approximate surface area is 231 Å². The highest BCUT2D eigenvalue weighted by Gasteiger charge is 2.30. The number of terminal acetylenes is 1. The molecule has 3 rings (SSSR count). The van der Waals surface area contributed by atoms with Gasteiger partial charge in [0.05, 0.1) is 18.8 Å². The number of likely N-dealkylation sites (N-methyl/N-ethyl adjacent to an activating group) is 1. The molecule has 2 aromatic rings. The van der Waals surface area contributed by atoms with E-state index in [-0.39, 0.29) is 31.7 Å². The van der Waals surface area contributed by atoms with Gasteiger partial charge in [0.1, 0.15) is 17.6 Å². The van der Waals surface area contributed by atoms with E-state index in [1.807, 2.05) is 12.1 Å². The molecule has 7 nitrogen and oxygen atoms in total. The topological polar surface area (TPSA) is 90.9 Å². The fourth-order valence-electron chi connectivity index (χ4n) is 4.72. The summed E-state index contributed by atoms with van der Waals surface area (Å²) in [6.45, 7) is 3.23. The van der Waals surface area contributed by atoms with Crippen molar-refractivity contribution in [2.75, 3.05) is 20.2 Å². The lowest BCUT2D eigenvalue weighted by molar-refractivity contribution is -0.139. The van der Waals surface area contributed by atoms with E-state index in [4.69, 9.17) is 11.2 Å². The van der Waals surface area contributed by atoms with Gasteiger partial charge in [0, 0.05) is 39.0 Å². The van der Waals surface area contributed by atoms with Crippen molar-refractivity contribution >= 4 is 11.8 Å². The lowest BCUT2D eigenvalue weighted by Gasteiger charge is -2.30. The highest BCUT2D eigenvalue weighted by Crippen LogP contribution is 2.20. The number of rotatable bonds is 7. The maximum absolute atomic E-state index is 14.4. The first-order valence-electron chi connectivity index (χ1n) is 13.7. The number of benzene rings is 2. The number of nitrogens with one attached hydrogen (secondary N) is 2. The van der Waals surface area contributed by atoms with E-state index in [9.17, 15) is 19.1 Å². The third-order valence-electron chi connectivity index (χ3n) is 7.04. The molecule has 2 amide bonds. The lowest BCUT2D eigenvalue weighted by Crippen LogP contribution is -2.55. The molecule has 1 aliphatic heterocycles. The average molecular weight is 538 g/mol. The van der Waals surface area contributed by atoms with Crippen molar-refractivity contribution in [3.05, 3.63) is 65.0 Å². The van der Waals surface area contributed by atoms with E-state index in [0.717, 1.165) is 18.4 Å². The number of fused-ring (bicyclic) bond motifs is 2. The standard InChI is InChI=1S/C31H40FN3O4/c1-4-10-28-31(38)34-27(29(36)21-33-20-23-12-9-11-22(5-2)15-23)18-24-16-25(32)19-26(17-24)39-14-8-6-7-13-30(37)35(28)3/h1,9,11-12,15-17,19,27-29,33,36H,5-8,10,13-14,18,20-21H2,2-3H3,(H,34,38)/t27-,28-,29+/m0/s1. The number of halogens is 1. The van der Waals surface area contributed by atoms with Crippen molar-refractivity contribution in [2.45, 2.75) is 76.6 Å². The van der Waals surface area contributed by atoms with Crippen LogP contribution in [-0.4, -0.2) is 60.2 Å². The molecule has 0 spiro atoms. The molecule has 8 heteroatoms. The maximum Gasteiger partial charge on any atom is 0.244 e. The number of aryl methyl sites for hydroxylation is 1. The van der Waals surface area contributed by atoms with Crippen molar-refractivity contribution in [1.82, 2.24) is 15.5 Å². The van der Waals surface area contributed by atoms with Crippen molar-refractivity contribution in [2.24, 2.45) is 0 Å². The minimum Gasteiger partial charge on any atom is -0.493 e. The molecule has 0 aliphatic carbocycles. The average Bonchev–Trinajstić information content (AvgIpc) is 2.92. The Bertz CT molecular complexity index is 1150. The minimum absolute atomic E-state index is 0.0425. The van der Waals surface area contributed by atoms with Crippen LogP contribution in [0.4, 0.5) is 4.39 Å². The summed E-state index contributed by atoms with van der Waals surface area (Å²) in [5.41, 5.74) is 2.89. The van der Waals surface area contributed by atoms with E-state index >= 15 is 0 Å². The number of hydrogen-bond acceptors (Lipinski definition) is 5. The van der Waals surface area contributed by atoms with Gasteiger partial charge in [-0.3, -0.25) is 9.59 Å². The summed E-state index contributed by atoms with van der Waals surface area (Å²) in [6.07, 6.45) is 8.07. The van der Waals surface area contributed by atoms with E-state index in [2.05, 4.69) is 35.6 Å². The van der Waals surface area contributed by atoms with Crippen molar-refractivity contribution in [3.8, 4) is 18.1 Å². The van der Waals surface area contributed by atoms with Gasteiger partial charge in [0.15, 0.2) is 0 Å². The molecule has 0 fully saturated rings. The van der Waals surface area contributed by atoms with Crippen molar-refractivity contribution in [1.29, 1.82) is 0 Å². The Balaban J connectivity index is 1.82. The molecule has 0 aromatic heterocycles. The third-order valence-corrected chi connectivity index (χ3v) is 7.04. The zero-order valence-electron chi connectivity index (χ0n) is 22.9. The Morgan fingerprint density at radius 2 is 2.00 bits per heavy atom. The number of aliphatic hydroxyl groups is 1. The number of amides is 2. The Kier molecular flexibility index (Phi) is 11.8. The molecule has 3 N–H and O–H groups in total. The van der Waals surface area contributed by atoms with E-state index in [1.165, 1.54) is 22.6 Å². The molecule has 2 aromatic carbocycles. The van der Waals surface area contributed by atoms with Crippen LogP contribution < -0.4 is 15.4 Å². The summed E-state index contributed by atoms with van der Waals surface area (Å²) in [7, 11) is 1.58. The smallest absolute Gasteiger partial charge is 0.244 e. The Morgan fingerprint density at radius 3 is 2.77 bits per heavy atom. The molecule has 1 aliphatic rings. The molecule has 2 bridgehead atoms. The van der Waals surface area contributed by atoms with Gasteiger partial charge < -0.3 is 25.4 Å². The number of ether oxygens (including phenoxy) is 1. The highest BCUT2D eigenvalue weighted by atomic mass is 19.1. The summed E-state index contributed by atoms with van der Waals surface area (Å²) in [5.74, 6) is 1.81. The zero-order chi connectivity index (χ0) is 28.2. The number of hydrogen-bond donors (Lipinski definition) is 3. The van der Waals surface area contributed by atoms with Crippen LogP contribution >= 0.6 is 0 Å². The maximum atomic E-state index is 14.4.